The van der Waals surface area contributed by atoms with Gasteiger partial charge in [-0.2, -0.15) is 0 Å². The maximum absolute atomic E-state index is 14.0. The van der Waals surface area contributed by atoms with Crippen molar-refractivity contribution in [2.75, 3.05) is 46.4 Å². The Kier molecular flexibility index (Phi) is 9.26. The van der Waals surface area contributed by atoms with Gasteiger partial charge in [0.2, 0.25) is 0 Å². The summed E-state index contributed by atoms with van der Waals surface area (Å²) in [6.45, 7) is 8.48. The highest BCUT2D eigenvalue weighted by Crippen LogP contribution is 2.33. The molecule has 1 unspecified atom stereocenters. The molecule has 6 aliphatic rings. The topological polar surface area (TPSA) is 85.7 Å². The average Bonchev–Trinajstić information content (AvgIpc) is 3.10. The first kappa shape index (κ1) is 31.4. The van der Waals surface area contributed by atoms with E-state index in [9.17, 15) is 8.78 Å². The molecule has 0 radical (unpaired) electrons. The van der Waals surface area contributed by atoms with E-state index in [0.717, 1.165) is 18.7 Å². The van der Waals surface area contributed by atoms with Crippen molar-refractivity contribution in [3.8, 4) is 40.0 Å². The van der Waals surface area contributed by atoms with E-state index in [0.29, 0.717) is 51.9 Å². The predicted molar refractivity (Wildman–Crippen MR) is 173 cm³/mol. The van der Waals surface area contributed by atoms with Crippen LogP contribution in [-0.4, -0.2) is 88.3 Å². The van der Waals surface area contributed by atoms with Crippen LogP contribution in [0, 0.1) is 30.4 Å². The Hall–Kier alpha value is -4.22. The standard InChI is InChI=1S/C18H20FN3O2.C18H20FN3O/c1-23-16-3-2-14(19)8-15(16)13-9-20-18(21-10-13)24-17-11-22-6-4-12(17)5-7-22;1-12-2-3-15(16(19)8-12)14-9-20-18(21-10-14)23-17-11-22-6-4-13(17)5-7-22/h2-3,8-10,12,17H,4-7,11H2,1H3;2-3,8-10,13,17H,4-7,11H2,1H3/t;17-/m.0/s1. The molecule has 246 valence electrons. The highest BCUT2D eigenvalue weighted by atomic mass is 19.1. The van der Waals surface area contributed by atoms with Gasteiger partial charge in [-0.15, -0.1) is 0 Å². The number of hydrogen-bond donors (Lipinski definition) is 0. The van der Waals surface area contributed by atoms with Crippen molar-refractivity contribution in [3.05, 3.63) is 78.4 Å². The van der Waals surface area contributed by atoms with Gasteiger partial charge in [0.25, 0.3) is 0 Å². The van der Waals surface area contributed by atoms with Crippen LogP contribution in [0.4, 0.5) is 8.78 Å². The highest BCUT2D eigenvalue weighted by Gasteiger charge is 2.37. The SMILES string of the molecule is COc1ccc(F)cc1-c1cnc(OC2CN3CCC2CC3)nc1.Cc1ccc(-c2cnc(O[C@H]3CN4CCC3CC4)nc2)c(F)c1. The van der Waals surface area contributed by atoms with E-state index in [-0.39, 0.29) is 23.8 Å². The summed E-state index contributed by atoms with van der Waals surface area (Å²) < 4.78 is 44.8. The van der Waals surface area contributed by atoms with E-state index >= 15 is 0 Å². The minimum Gasteiger partial charge on any atom is -0.496 e. The maximum atomic E-state index is 14.0. The van der Waals surface area contributed by atoms with Gasteiger partial charge in [-0.25, -0.2) is 28.7 Å². The third kappa shape index (κ3) is 7.21. The molecule has 6 saturated heterocycles. The summed E-state index contributed by atoms with van der Waals surface area (Å²) >= 11 is 0. The van der Waals surface area contributed by atoms with Crippen LogP contribution in [0.15, 0.2) is 61.2 Å². The van der Waals surface area contributed by atoms with Gasteiger partial charge in [0.1, 0.15) is 29.6 Å². The second-order valence-electron chi connectivity index (χ2n) is 12.9. The lowest BCUT2D eigenvalue weighted by Gasteiger charge is -2.43. The number of halogens is 2. The first-order valence-electron chi connectivity index (χ1n) is 16.4. The molecular formula is C36H40F2N6O3. The number of rotatable bonds is 7. The smallest absolute Gasteiger partial charge is 0.316 e. The average molecular weight is 643 g/mol. The number of fused-ring (bicyclic) bond motifs is 6. The van der Waals surface area contributed by atoms with Crippen molar-refractivity contribution < 1.29 is 23.0 Å². The third-order valence-corrected chi connectivity index (χ3v) is 9.87. The Bertz CT molecular complexity index is 1660. The number of aryl methyl sites for hydroxylation is 1. The van der Waals surface area contributed by atoms with Gasteiger partial charge >= 0.3 is 12.0 Å². The summed E-state index contributed by atoms with van der Waals surface area (Å²) in [6.07, 6.45) is 11.7. The molecule has 0 aliphatic carbocycles. The van der Waals surface area contributed by atoms with E-state index in [4.69, 9.17) is 14.2 Å². The van der Waals surface area contributed by atoms with Gasteiger partial charge in [0.15, 0.2) is 0 Å². The molecule has 9 nitrogen and oxygen atoms in total. The lowest BCUT2D eigenvalue weighted by Crippen LogP contribution is -2.52. The van der Waals surface area contributed by atoms with Gasteiger partial charge in [0.05, 0.1) is 7.11 Å². The van der Waals surface area contributed by atoms with Crippen LogP contribution < -0.4 is 14.2 Å². The molecule has 2 aromatic carbocycles. The van der Waals surface area contributed by atoms with E-state index < -0.39 is 0 Å². The molecule has 4 aromatic rings. The second kappa shape index (κ2) is 13.9. The monoisotopic (exact) mass is 642 g/mol. The number of nitrogens with zero attached hydrogens (tertiary/aromatic N) is 6. The molecule has 0 N–H and O–H groups in total. The predicted octanol–water partition coefficient (Wildman–Crippen LogP) is 5.83. The molecule has 10 rings (SSSR count). The molecule has 0 spiro atoms. The van der Waals surface area contributed by atoms with Gasteiger partial charge in [-0.05, 0) is 100 Å². The van der Waals surface area contributed by atoms with Crippen LogP contribution in [0.25, 0.3) is 22.3 Å². The summed E-state index contributed by atoms with van der Waals surface area (Å²) in [5, 5.41) is 0. The maximum Gasteiger partial charge on any atom is 0.316 e. The Morgan fingerprint density at radius 1 is 0.660 bits per heavy atom. The molecule has 4 bridgehead atoms. The van der Waals surface area contributed by atoms with Crippen LogP contribution >= 0.6 is 0 Å². The molecule has 11 heteroatoms. The summed E-state index contributed by atoms with van der Waals surface area (Å²) in [7, 11) is 1.56. The highest BCUT2D eigenvalue weighted by molar-refractivity contribution is 5.69. The molecule has 6 fully saturated rings. The lowest BCUT2D eigenvalue weighted by molar-refractivity contribution is -0.0124. The fourth-order valence-electron chi connectivity index (χ4n) is 7.15. The van der Waals surface area contributed by atoms with Crippen molar-refractivity contribution >= 4 is 0 Å². The normalized spacial score (nSPS) is 25.9. The van der Waals surface area contributed by atoms with E-state index in [1.807, 2.05) is 13.0 Å². The lowest BCUT2D eigenvalue weighted by atomic mass is 9.86. The van der Waals surface area contributed by atoms with E-state index in [1.165, 1.54) is 70.1 Å². The van der Waals surface area contributed by atoms with Crippen molar-refractivity contribution in [1.82, 2.24) is 29.7 Å². The fourth-order valence-corrected chi connectivity index (χ4v) is 7.15. The third-order valence-electron chi connectivity index (χ3n) is 9.87. The number of aromatic nitrogens is 4. The number of piperidine rings is 6. The zero-order valence-electron chi connectivity index (χ0n) is 26.8. The van der Waals surface area contributed by atoms with Gasteiger partial charge in [0, 0.05) is 60.1 Å². The molecule has 6 aliphatic heterocycles. The first-order chi connectivity index (χ1) is 22.9. The summed E-state index contributed by atoms with van der Waals surface area (Å²) in [4.78, 5) is 22.0. The Morgan fingerprint density at radius 2 is 1.17 bits per heavy atom. The Balaban J connectivity index is 0.000000150. The molecule has 0 saturated carbocycles. The number of hydrogen-bond acceptors (Lipinski definition) is 9. The zero-order valence-corrected chi connectivity index (χ0v) is 26.8. The zero-order chi connectivity index (χ0) is 32.3. The van der Waals surface area contributed by atoms with E-state index in [1.54, 1.807) is 44.0 Å². The quantitative estimate of drug-likeness (QED) is 0.247. The van der Waals surface area contributed by atoms with Crippen molar-refractivity contribution in [2.45, 2.75) is 44.8 Å². The van der Waals surface area contributed by atoms with Crippen LogP contribution in [0.5, 0.6) is 17.8 Å². The van der Waals surface area contributed by atoms with Gasteiger partial charge in [-0.1, -0.05) is 12.1 Å². The van der Waals surface area contributed by atoms with Crippen LogP contribution in [0.3, 0.4) is 0 Å². The Morgan fingerprint density at radius 3 is 1.62 bits per heavy atom. The number of benzene rings is 2. The molecular weight excluding hydrogens is 602 g/mol. The number of ether oxygens (including phenoxy) is 3. The first-order valence-corrected chi connectivity index (χ1v) is 16.4. The van der Waals surface area contributed by atoms with Crippen molar-refractivity contribution in [3.63, 3.8) is 0 Å². The van der Waals surface area contributed by atoms with Crippen molar-refractivity contribution in [1.29, 1.82) is 0 Å². The largest absolute Gasteiger partial charge is 0.496 e. The Labute approximate surface area is 273 Å². The number of methoxy groups -OCH3 is 1. The second-order valence-corrected chi connectivity index (χ2v) is 12.9. The minimum absolute atomic E-state index is 0.169. The van der Waals surface area contributed by atoms with Crippen molar-refractivity contribution in [2.24, 2.45) is 11.8 Å². The van der Waals surface area contributed by atoms with Crippen LogP contribution in [0.1, 0.15) is 31.2 Å². The summed E-state index contributed by atoms with van der Waals surface area (Å²) in [6, 6.07) is 10.3. The molecule has 2 aromatic heterocycles. The van der Waals surface area contributed by atoms with E-state index in [2.05, 4.69) is 29.7 Å². The molecule has 2 atom stereocenters. The van der Waals surface area contributed by atoms with Gasteiger partial charge in [-0.3, -0.25) is 9.80 Å². The molecule has 0 amide bonds. The minimum atomic E-state index is -0.321. The van der Waals surface area contributed by atoms with Crippen LogP contribution in [-0.2, 0) is 0 Å². The van der Waals surface area contributed by atoms with Gasteiger partial charge < -0.3 is 14.2 Å². The van der Waals surface area contributed by atoms with Crippen LogP contribution in [0.2, 0.25) is 0 Å². The molecule has 47 heavy (non-hydrogen) atoms. The molecule has 8 heterocycles. The fraction of sp³-hybridized carbons (Fsp3) is 0.444. The summed E-state index contributed by atoms with van der Waals surface area (Å²) in [5.41, 5.74) is 3.42. The summed E-state index contributed by atoms with van der Waals surface area (Å²) in [5.74, 6) is 1.23.